The maximum Gasteiger partial charge on any atom is 0.514 e. The minimum absolute atomic E-state index is 0.113. The Morgan fingerprint density at radius 3 is 2.36 bits per heavy atom. The lowest BCUT2D eigenvalue weighted by molar-refractivity contribution is 0.0205. The van der Waals surface area contributed by atoms with Crippen LogP contribution in [0.5, 0.6) is 5.75 Å². The van der Waals surface area contributed by atoms with Gasteiger partial charge in [0.15, 0.2) is 14.1 Å². The number of hydrogen-bond acceptors (Lipinski definition) is 8. The van der Waals surface area contributed by atoms with Crippen molar-refractivity contribution >= 4 is 47.5 Å². The van der Waals surface area contributed by atoms with Crippen LogP contribution in [0, 0.1) is 0 Å². The predicted molar refractivity (Wildman–Crippen MR) is 143 cm³/mol. The average Bonchev–Trinajstić information content (AvgIpc) is 2.74. The largest absolute Gasteiger partial charge is 0.514 e. The molecule has 200 valence electrons. The molecular weight excluding hydrogens is 550 g/mol. The molecule has 0 saturated heterocycles. The number of nitrogens with one attached hydrogen (secondary N) is 1. The van der Waals surface area contributed by atoms with E-state index in [-0.39, 0.29) is 29.0 Å². The first-order chi connectivity index (χ1) is 16.6. The molecular formula is C25H36BrNO8Si. The van der Waals surface area contributed by atoms with Gasteiger partial charge in [0, 0.05) is 29.6 Å². The van der Waals surface area contributed by atoms with Crippen molar-refractivity contribution in [2.24, 2.45) is 0 Å². The SMILES string of the molecule is CC(C)[Si](O)(CCCNC(=O)OCc1cc(=O)oc2cc(OC(=O)OC(C)(C)C)c(Br)cc12)C(C)C. The summed E-state index contributed by atoms with van der Waals surface area (Å²) in [4.78, 5) is 47.3. The van der Waals surface area contributed by atoms with Crippen LogP contribution < -0.4 is 15.7 Å². The Morgan fingerprint density at radius 1 is 1.14 bits per heavy atom. The van der Waals surface area contributed by atoms with Gasteiger partial charge >= 0.3 is 17.9 Å². The molecule has 2 rings (SSSR count). The molecule has 0 saturated carbocycles. The molecule has 0 spiro atoms. The van der Waals surface area contributed by atoms with E-state index in [1.165, 1.54) is 12.1 Å². The summed E-state index contributed by atoms with van der Waals surface area (Å²) in [5.41, 5.74) is -0.311. The van der Waals surface area contributed by atoms with E-state index in [0.29, 0.717) is 34.4 Å². The van der Waals surface area contributed by atoms with Crippen LogP contribution in [0.4, 0.5) is 9.59 Å². The Bertz CT molecular complexity index is 1130. The zero-order valence-electron chi connectivity index (χ0n) is 21.9. The van der Waals surface area contributed by atoms with Crippen molar-refractivity contribution in [1.82, 2.24) is 5.32 Å². The summed E-state index contributed by atoms with van der Waals surface area (Å²) in [5.74, 6) is 0.113. The molecule has 0 aliphatic carbocycles. The van der Waals surface area contributed by atoms with Gasteiger partial charge in [0.25, 0.3) is 0 Å². The van der Waals surface area contributed by atoms with E-state index in [4.69, 9.17) is 18.6 Å². The highest BCUT2D eigenvalue weighted by Gasteiger charge is 2.37. The van der Waals surface area contributed by atoms with Gasteiger partial charge in [0.1, 0.15) is 17.8 Å². The normalized spacial score (nSPS) is 12.2. The molecule has 0 bridgehead atoms. The first-order valence-electron chi connectivity index (χ1n) is 11.9. The smallest absolute Gasteiger partial charge is 0.445 e. The fourth-order valence-corrected chi connectivity index (χ4v) is 7.44. The van der Waals surface area contributed by atoms with Gasteiger partial charge in [-0.3, -0.25) is 0 Å². The molecule has 0 aliphatic heterocycles. The Balaban J connectivity index is 2.04. The Hall–Kier alpha value is -2.37. The quantitative estimate of drug-likeness (QED) is 0.116. The van der Waals surface area contributed by atoms with E-state index < -0.39 is 31.8 Å². The number of ether oxygens (including phenoxy) is 3. The topological polar surface area (TPSA) is 124 Å². The first-order valence-corrected chi connectivity index (χ1v) is 15.0. The molecule has 11 heteroatoms. The van der Waals surface area contributed by atoms with Gasteiger partial charge in [0.2, 0.25) is 0 Å². The van der Waals surface area contributed by atoms with Crippen LogP contribution in [-0.4, -0.2) is 37.5 Å². The minimum atomic E-state index is -2.40. The molecule has 0 atom stereocenters. The summed E-state index contributed by atoms with van der Waals surface area (Å²) in [5, 5.41) is 3.20. The van der Waals surface area contributed by atoms with Crippen LogP contribution in [0.2, 0.25) is 17.1 Å². The van der Waals surface area contributed by atoms with E-state index in [2.05, 4.69) is 21.2 Å². The highest BCUT2D eigenvalue weighted by atomic mass is 79.9. The number of hydrogen-bond donors (Lipinski definition) is 2. The van der Waals surface area contributed by atoms with Crippen molar-refractivity contribution in [3.05, 3.63) is 38.7 Å². The van der Waals surface area contributed by atoms with Crippen LogP contribution in [-0.2, 0) is 16.1 Å². The predicted octanol–water partition coefficient (Wildman–Crippen LogP) is 6.24. The third-order valence-electron chi connectivity index (χ3n) is 5.85. The van der Waals surface area contributed by atoms with Gasteiger partial charge in [0.05, 0.1) is 4.47 Å². The second-order valence-corrected chi connectivity index (χ2v) is 16.0. The Morgan fingerprint density at radius 2 is 1.78 bits per heavy atom. The zero-order valence-corrected chi connectivity index (χ0v) is 24.5. The van der Waals surface area contributed by atoms with E-state index in [1.807, 2.05) is 27.7 Å². The lowest BCUT2D eigenvalue weighted by Crippen LogP contribution is -2.42. The molecule has 0 radical (unpaired) electrons. The van der Waals surface area contributed by atoms with Crippen molar-refractivity contribution in [3.8, 4) is 5.75 Å². The van der Waals surface area contributed by atoms with Crippen LogP contribution >= 0.6 is 15.9 Å². The molecule has 2 aromatic rings. The molecule has 0 fully saturated rings. The molecule has 0 unspecified atom stereocenters. The molecule has 1 aromatic carbocycles. The van der Waals surface area contributed by atoms with Crippen molar-refractivity contribution in [3.63, 3.8) is 0 Å². The van der Waals surface area contributed by atoms with Crippen molar-refractivity contribution < 1.29 is 33.0 Å². The highest BCUT2D eigenvalue weighted by molar-refractivity contribution is 9.10. The van der Waals surface area contributed by atoms with Crippen LogP contribution in [0.1, 0.15) is 60.5 Å². The summed E-state index contributed by atoms with van der Waals surface area (Å²) in [7, 11) is -2.40. The molecule has 1 aromatic heterocycles. The van der Waals surface area contributed by atoms with Crippen molar-refractivity contribution in [2.45, 2.75) is 84.2 Å². The lowest BCUT2D eigenvalue weighted by Gasteiger charge is -2.33. The van der Waals surface area contributed by atoms with Crippen LogP contribution in [0.15, 0.2) is 31.9 Å². The fraction of sp³-hybridized carbons (Fsp3) is 0.560. The third kappa shape index (κ3) is 8.34. The van der Waals surface area contributed by atoms with Crippen molar-refractivity contribution in [2.75, 3.05) is 6.54 Å². The van der Waals surface area contributed by atoms with E-state index in [9.17, 15) is 19.2 Å². The summed E-state index contributed by atoms with van der Waals surface area (Å²) in [6.45, 7) is 13.5. The number of carbonyl (C=O) groups excluding carboxylic acids is 2. The Kier molecular flexibility index (Phi) is 10.2. The first kappa shape index (κ1) is 29.9. The minimum Gasteiger partial charge on any atom is -0.445 e. The standard InChI is InChI=1S/C25H36BrNO8Si/c1-15(2)36(31,16(3)4)10-8-9-27-23(29)32-14-17-11-22(28)33-20-13-21(19(26)12-18(17)20)34-24(30)35-25(5,6)7/h11-13,15-16,31H,8-10,14H2,1-7H3,(H,27,29). The molecule has 2 N–H and O–H groups in total. The molecule has 36 heavy (non-hydrogen) atoms. The molecule has 1 amide bonds. The highest BCUT2D eigenvalue weighted by Crippen LogP contribution is 2.34. The monoisotopic (exact) mass is 585 g/mol. The summed E-state index contributed by atoms with van der Waals surface area (Å²) in [6, 6.07) is 4.93. The summed E-state index contributed by atoms with van der Waals surface area (Å²) < 4.78 is 21.4. The van der Waals surface area contributed by atoms with Crippen LogP contribution in [0.25, 0.3) is 11.0 Å². The number of benzene rings is 1. The number of fused-ring (bicyclic) bond motifs is 1. The molecule has 1 heterocycles. The lowest BCUT2D eigenvalue weighted by atomic mass is 10.1. The third-order valence-corrected chi connectivity index (χ3v) is 11.6. The zero-order chi connectivity index (χ0) is 27.3. The van der Waals surface area contributed by atoms with Gasteiger partial charge in [-0.15, -0.1) is 0 Å². The second-order valence-electron chi connectivity index (χ2n) is 10.3. The van der Waals surface area contributed by atoms with E-state index in [1.54, 1.807) is 26.8 Å². The van der Waals surface area contributed by atoms with Gasteiger partial charge in [-0.25, -0.2) is 14.4 Å². The van der Waals surface area contributed by atoms with Crippen LogP contribution in [0.3, 0.4) is 0 Å². The second kappa shape index (κ2) is 12.2. The molecule has 0 aliphatic rings. The summed E-state index contributed by atoms with van der Waals surface area (Å²) in [6.07, 6.45) is -0.872. The number of amides is 1. The maximum atomic E-state index is 12.2. The van der Waals surface area contributed by atoms with Crippen molar-refractivity contribution in [1.29, 1.82) is 0 Å². The van der Waals surface area contributed by atoms with Gasteiger partial charge in [-0.2, -0.15) is 0 Å². The van der Waals surface area contributed by atoms with E-state index >= 15 is 0 Å². The average molecular weight is 587 g/mol. The van der Waals surface area contributed by atoms with Gasteiger partial charge < -0.3 is 28.7 Å². The fourth-order valence-electron chi connectivity index (χ4n) is 3.79. The van der Waals surface area contributed by atoms with E-state index in [0.717, 1.165) is 0 Å². The number of rotatable bonds is 9. The number of carbonyl (C=O) groups is 2. The number of alkyl carbamates (subject to hydrolysis) is 1. The Labute approximate surface area is 220 Å². The summed E-state index contributed by atoms with van der Waals surface area (Å²) >= 11 is 3.35. The van der Waals surface area contributed by atoms with Gasteiger partial charge in [-0.05, 0) is 66.3 Å². The van der Waals surface area contributed by atoms with Gasteiger partial charge in [-0.1, -0.05) is 27.7 Å². The number of halogens is 1. The molecule has 9 nitrogen and oxygen atoms in total. The maximum absolute atomic E-state index is 12.2.